The molecule has 0 amide bonds. The van der Waals surface area contributed by atoms with E-state index < -0.39 is 29.1 Å². The van der Waals surface area contributed by atoms with Crippen molar-refractivity contribution in [2.24, 2.45) is 0 Å². The van der Waals surface area contributed by atoms with Gasteiger partial charge >= 0.3 is 17.5 Å². The van der Waals surface area contributed by atoms with Crippen LogP contribution in [0.4, 0.5) is 0 Å². The molecule has 0 aliphatic carbocycles. The first-order chi connectivity index (χ1) is 10.3. The first-order valence-electron chi connectivity index (χ1n) is 6.25. The lowest BCUT2D eigenvalue weighted by Crippen LogP contribution is -2.68. The summed E-state index contributed by atoms with van der Waals surface area (Å²) in [4.78, 5) is 23.5. The third-order valence-electron chi connectivity index (χ3n) is 3.47. The van der Waals surface area contributed by atoms with E-state index in [-0.39, 0.29) is 17.1 Å². The third kappa shape index (κ3) is 1.74. The van der Waals surface area contributed by atoms with Crippen LogP contribution in [0.3, 0.4) is 0 Å². The van der Waals surface area contributed by atoms with Crippen molar-refractivity contribution in [3.05, 3.63) is 30.0 Å². The zero-order valence-electron chi connectivity index (χ0n) is 11.7. The number of carbonyl (C=O) groups is 2. The maximum Gasteiger partial charge on any atom is 0.351 e. The van der Waals surface area contributed by atoms with Crippen molar-refractivity contribution >= 4 is 11.8 Å². The molecule has 1 aromatic carbocycles. The highest BCUT2D eigenvalue weighted by molar-refractivity contribution is 5.98. The van der Waals surface area contributed by atoms with Gasteiger partial charge in [0, 0.05) is 13.0 Å². The number of carbonyl (C=O) groups excluding carboxylic acids is 2. The van der Waals surface area contributed by atoms with E-state index in [0.717, 1.165) is 18.4 Å². The molecular weight excluding hydrogens is 296 g/mol. The normalized spacial score (nSPS) is 28.6. The molecule has 0 bridgehead atoms. The first kappa shape index (κ1) is 14.2. The van der Waals surface area contributed by atoms with Crippen LogP contribution in [0.15, 0.2) is 24.5 Å². The monoisotopic (exact) mass is 308 g/mol. The number of benzene rings is 1. The number of aliphatic hydroxyl groups is 1. The largest absolute Gasteiger partial charge is 0.504 e. The van der Waals surface area contributed by atoms with Crippen molar-refractivity contribution in [1.82, 2.24) is 0 Å². The number of phenolic OH excluding ortho intramolecular Hbond substituents is 1. The Balaban J connectivity index is 2.13. The Hall–Kier alpha value is -2.74. The number of hydrogen-bond donors (Lipinski definition) is 2. The fourth-order valence-electron chi connectivity index (χ4n) is 2.24. The minimum absolute atomic E-state index is 0.00840. The van der Waals surface area contributed by atoms with Crippen LogP contribution in [0, 0.1) is 0 Å². The summed E-state index contributed by atoms with van der Waals surface area (Å²) in [7, 11) is 1.18. The molecule has 2 N–H and O–H groups in total. The fraction of sp³-hybridized carbons (Fsp3) is 0.286. The topological polar surface area (TPSA) is 112 Å². The summed E-state index contributed by atoms with van der Waals surface area (Å²) in [6.07, 6.45) is 2.05. The summed E-state index contributed by atoms with van der Waals surface area (Å²) < 4.78 is 20.4. The molecule has 2 aliphatic heterocycles. The Kier molecular flexibility index (Phi) is 2.83. The van der Waals surface area contributed by atoms with Gasteiger partial charge in [-0.15, -0.1) is 0 Å². The van der Waals surface area contributed by atoms with Crippen LogP contribution in [0.1, 0.15) is 17.3 Å². The molecular formula is C14H12O8. The van der Waals surface area contributed by atoms with E-state index in [2.05, 4.69) is 4.74 Å². The Morgan fingerprint density at radius 2 is 2.05 bits per heavy atom. The number of phenols is 1. The Labute approximate surface area is 124 Å². The number of methoxy groups -OCH3 is 1. The lowest BCUT2D eigenvalue weighted by Gasteiger charge is -2.46. The maximum absolute atomic E-state index is 11.9. The van der Waals surface area contributed by atoms with Gasteiger partial charge in [0.1, 0.15) is 0 Å². The molecule has 3 rings (SSSR count). The molecule has 0 aromatic heterocycles. The molecule has 0 unspecified atom stereocenters. The van der Waals surface area contributed by atoms with E-state index in [1.54, 1.807) is 0 Å². The number of rotatable bonds is 1. The van der Waals surface area contributed by atoms with Gasteiger partial charge in [-0.1, -0.05) is 0 Å². The number of fused-ring (bicyclic) bond motifs is 2. The van der Waals surface area contributed by atoms with Crippen LogP contribution in [0.25, 0.3) is 0 Å². The summed E-state index contributed by atoms with van der Waals surface area (Å²) >= 11 is 0. The molecule has 1 aromatic rings. The molecule has 0 radical (unpaired) electrons. The van der Waals surface area contributed by atoms with Gasteiger partial charge in [0.2, 0.25) is 11.5 Å². The number of ketones is 1. The van der Waals surface area contributed by atoms with Crippen molar-refractivity contribution in [2.75, 3.05) is 7.11 Å². The molecule has 22 heavy (non-hydrogen) atoms. The summed E-state index contributed by atoms with van der Waals surface area (Å²) in [5, 5.41) is 20.4. The fourth-order valence-corrected chi connectivity index (χ4v) is 2.24. The average molecular weight is 308 g/mol. The number of hydrogen-bond acceptors (Lipinski definition) is 8. The SMILES string of the molecule is COC(=O)c1cc(O)c2c(c1)O[C@@]1(C)OC=CC(=O)[C@@]1(O)O2. The summed E-state index contributed by atoms with van der Waals surface area (Å²) in [6, 6.07) is 2.32. The van der Waals surface area contributed by atoms with Gasteiger partial charge < -0.3 is 29.2 Å². The average Bonchev–Trinajstić information content (AvgIpc) is 2.47. The standard InChI is InChI=1S/C14H12O8/c1-13-14(18,10(16)3-4-20-13)22-11-8(15)5-7(12(17)19-2)6-9(11)21-13/h3-6,15,18H,1-2H3/t13-,14-/m1/s1. The summed E-state index contributed by atoms with van der Waals surface area (Å²) in [6.45, 7) is 1.29. The van der Waals surface area contributed by atoms with Crippen LogP contribution in [0.2, 0.25) is 0 Å². The van der Waals surface area contributed by atoms with Crippen LogP contribution in [0.5, 0.6) is 17.2 Å². The Bertz CT molecular complexity index is 709. The van der Waals surface area contributed by atoms with Gasteiger partial charge in [-0.3, -0.25) is 4.79 Å². The van der Waals surface area contributed by atoms with E-state index in [1.807, 2.05) is 0 Å². The zero-order chi connectivity index (χ0) is 16.1. The predicted molar refractivity (Wildman–Crippen MR) is 69.3 cm³/mol. The van der Waals surface area contributed by atoms with E-state index in [1.165, 1.54) is 20.1 Å². The molecule has 0 saturated carbocycles. The highest BCUT2D eigenvalue weighted by atomic mass is 16.8. The smallest absolute Gasteiger partial charge is 0.351 e. The molecule has 2 heterocycles. The number of aromatic hydroxyl groups is 1. The highest BCUT2D eigenvalue weighted by Crippen LogP contribution is 2.49. The lowest BCUT2D eigenvalue weighted by atomic mass is 9.98. The second-order valence-corrected chi connectivity index (χ2v) is 4.89. The molecule has 8 nitrogen and oxygen atoms in total. The Morgan fingerprint density at radius 1 is 1.32 bits per heavy atom. The zero-order valence-corrected chi connectivity index (χ0v) is 11.7. The van der Waals surface area contributed by atoms with Crippen LogP contribution in [-0.4, -0.2) is 40.6 Å². The van der Waals surface area contributed by atoms with Gasteiger partial charge in [0.15, 0.2) is 11.5 Å². The lowest BCUT2D eigenvalue weighted by molar-refractivity contribution is -0.320. The molecule has 2 atom stereocenters. The van der Waals surface area contributed by atoms with Crippen molar-refractivity contribution in [3.8, 4) is 17.2 Å². The van der Waals surface area contributed by atoms with Gasteiger partial charge in [0.25, 0.3) is 0 Å². The second-order valence-electron chi connectivity index (χ2n) is 4.89. The van der Waals surface area contributed by atoms with Crippen LogP contribution < -0.4 is 9.47 Å². The van der Waals surface area contributed by atoms with Crippen molar-refractivity contribution in [2.45, 2.75) is 18.5 Å². The second kappa shape index (κ2) is 4.38. The molecule has 2 aliphatic rings. The van der Waals surface area contributed by atoms with Crippen molar-refractivity contribution < 1.29 is 38.7 Å². The molecule has 0 saturated heterocycles. The van der Waals surface area contributed by atoms with E-state index >= 15 is 0 Å². The first-order valence-corrected chi connectivity index (χ1v) is 6.25. The van der Waals surface area contributed by atoms with Crippen LogP contribution >= 0.6 is 0 Å². The molecule has 116 valence electrons. The van der Waals surface area contributed by atoms with E-state index in [9.17, 15) is 19.8 Å². The third-order valence-corrected chi connectivity index (χ3v) is 3.47. The Morgan fingerprint density at radius 3 is 2.73 bits per heavy atom. The molecule has 0 spiro atoms. The quantitative estimate of drug-likeness (QED) is 0.720. The van der Waals surface area contributed by atoms with E-state index in [4.69, 9.17) is 14.2 Å². The minimum atomic E-state index is -2.46. The number of esters is 1. The van der Waals surface area contributed by atoms with Gasteiger partial charge in [0.05, 0.1) is 18.9 Å². The van der Waals surface area contributed by atoms with Crippen LogP contribution in [-0.2, 0) is 14.3 Å². The number of ether oxygens (including phenoxy) is 4. The van der Waals surface area contributed by atoms with Crippen molar-refractivity contribution in [3.63, 3.8) is 0 Å². The van der Waals surface area contributed by atoms with Gasteiger partial charge in [-0.25, -0.2) is 4.79 Å². The summed E-state index contributed by atoms with van der Waals surface area (Å²) in [5.74, 6) is -6.67. The van der Waals surface area contributed by atoms with E-state index in [0.29, 0.717) is 0 Å². The predicted octanol–water partition coefficient (Wildman–Crippen LogP) is 0.468. The van der Waals surface area contributed by atoms with Gasteiger partial charge in [-0.05, 0) is 12.1 Å². The van der Waals surface area contributed by atoms with Gasteiger partial charge in [-0.2, -0.15) is 0 Å². The minimum Gasteiger partial charge on any atom is -0.504 e. The molecule has 0 fully saturated rings. The molecule has 8 heteroatoms. The maximum atomic E-state index is 11.9. The van der Waals surface area contributed by atoms with Crippen molar-refractivity contribution in [1.29, 1.82) is 0 Å². The highest BCUT2D eigenvalue weighted by Gasteiger charge is 2.64. The summed E-state index contributed by atoms with van der Waals surface area (Å²) in [5.41, 5.74) is 0.00840.